The van der Waals surface area contributed by atoms with E-state index in [4.69, 9.17) is 4.43 Å². The molecule has 2 aliphatic rings. The topological polar surface area (TPSA) is 9.23 Å². The van der Waals surface area contributed by atoms with E-state index in [1.54, 1.807) is 0 Å². The van der Waals surface area contributed by atoms with Crippen LogP contribution in [0.15, 0.2) is 36.8 Å². The Balaban J connectivity index is 2.10. The van der Waals surface area contributed by atoms with Crippen molar-refractivity contribution in [2.24, 2.45) is 11.8 Å². The van der Waals surface area contributed by atoms with Gasteiger partial charge in [-0.05, 0) is 37.5 Å². The molecule has 0 saturated heterocycles. The van der Waals surface area contributed by atoms with Gasteiger partial charge in [0.15, 0.2) is 0 Å². The number of hydrogen-bond donors (Lipinski definition) is 0. The van der Waals surface area contributed by atoms with Gasteiger partial charge in [0.25, 0.3) is 8.32 Å². The minimum absolute atomic E-state index is 0.464. The van der Waals surface area contributed by atoms with Crippen LogP contribution >= 0.6 is 0 Å². The Morgan fingerprint density at radius 1 is 0.867 bits per heavy atom. The summed E-state index contributed by atoms with van der Waals surface area (Å²) >= 11 is 0. The van der Waals surface area contributed by atoms with Crippen LogP contribution in [0.2, 0.25) is 0 Å². The highest BCUT2D eigenvalue weighted by Crippen LogP contribution is 2.47. The molecule has 2 fully saturated rings. The van der Waals surface area contributed by atoms with Crippen LogP contribution in [0.1, 0.15) is 25.7 Å². The highest BCUT2D eigenvalue weighted by molar-refractivity contribution is 6.87. The lowest BCUT2D eigenvalue weighted by atomic mass is 10.0. The van der Waals surface area contributed by atoms with Crippen molar-refractivity contribution in [1.82, 2.24) is 0 Å². The summed E-state index contributed by atoms with van der Waals surface area (Å²) < 4.78 is 6.32. The molecule has 2 heteroatoms. The van der Waals surface area contributed by atoms with E-state index in [2.05, 4.69) is 19.7 Å². The van der Waals surface area contributed by atoms with Gasteiger partial charge in [0.05, 0.1) is 6.10 Å². The minimum Gasteiger partial charge on any atom is -0.402 e. The van der Waals surface area contributed by atoms with Crippen LogP contribution in [0.4, 0.5) is 0 Å². The van der Waals surface area contributed by atoms with E-state index >= 15 is 0 Å². The van der Waals surface area contributed by atoms with Crippen LogP contribution in [-0.2, 0) is 4.43 Å². The third-order valence-corrected chi connectivity index (χ3v) is 6.64. The molecule has 0 aromatic carbocycles. The van der Waals surface area contributed by atoms with Crippen LogP contribution < -0.4 is 0 Å². The highest BCUT2D eigenvalue weighted by Gasteiger charge is 2.45. The smallest absolute Gasteiger partial charge is 0.265 e. The SMILES string of the molecule is C=C[Si](C=C)(C=C)OC1C2CCC1CC2. The second-order valence-electron chi connectivity index (χ2n) is 4.72. The first-order valence-electron chi connectivity index (χ1n) is 5.83. The fourth-order valence-electron chi connectivity index (χ4n) is 3.01. The van der Waals surface area contributed by atoms with Crippen LogP contribution in [0, 0.1) is 11.8 Å². The molecule has 2 saturated carbocycles. The molecular weight excluding hydrogens is 200 g/mol. The lowest BCUT2D eigenvalue weighted by molar-refractivity contribution is 0.153. The van der Waals surface area contributed by atoms with Crippen molar-refractivity contribution in [3.05, 3.63) is 36.8 Å². The molecule has 0 heterocycles. The van der Waals surface area contributed by atoms with Gasteiger partial charge in [-0.2, -0.15) is 0 Å². The zero-order valence-electron chi connectivity index (χ0n) is 9.32. The second-order valence-corrected chi connectivity index (χ2v) is 7.89. The molecule has 1 nitrogen and oxygen atoms in total. The Morgan fingerprint density at radius 3 is 1.60 bits per heavy atom. The van der Waals surface area contributed by atoms with Crippen LogP contribution in [0.3, 0.4) is 0 Å². The molecule has 0 aliphatic heterocycles. The first-order chi connectivity index (χ1) is 7.24. The van der Waals surface area contributed by atoms with Crippen molar-refractivity contribution >= 4 is 8.32 Å². The van der Waals surface area contributed by atoms with Crippen molar-refractivity contribution in [2.45, 2.75) is 31.8 Å². The summed E-state index contributed by atoms with van der Waals surface area (Å²) in [5.41, 5.74) is 5.81. The third-order valence-electron chi connectivity index (χ3n) is 4.04. The monoisotopic (exact) mass is 220 g/mol. The molecular formula is C13H20OSi. The molecule has 0 aromatic rings. The van der Waals surface area contributed by atoms with E-state index in [1.165, 1.54) is 25.7 Å². The maximum atomic E-state index is 6.32. The average molecular weight is 220 g/mol. The predicted octanol–water partition coefficient (Wildman–Crippen LogP) is 3.31. The van der Waals surface area contributed by atoms with Crippen LogP contribution in [0.25, 0.3) is 0 Å². The van der Waals surface area contributed by atoms with Crippen LogP contribution in [-0.4, -0.2) is 14.4 Å². The zero-order valence-corrected chi connectivity index (χ0v) is 10.3. The Labute approximate surface area is 93.7 Å². The first-order valence-corrected chi connectivity index (χ1v) is 7.97. The number of hydrogen-bond acceptors (Lipinski definition) is 1. The summed E-state index contributed by atoms with van der Waals surface area (Å²) in [6, 6.07) is 0. The molecule has 0 spiro atoms. The second kappa shape index (κ2) is 4.10. The lowest BCUT2D eigenvalue weighted by Crippen LogP contribution is -2.38. The summed E-state index contributed by atoms with van der Waals surface area (Å²) in [5.74, 6) is 1.59. The normalized spacial score (nSPS) is 34.0. The van der Waals surface area contributed by atoms with Crippen molar-refractivity contribution in [1.29, 1.82) is 0 Å². The molecule has 15 heavy (non-hydrogen) atoms. The van der Waals surface area contributed by atoms with Crippen LogP contribution in [0.5, 0.6) is 0 Å². The van der Waals surface area contributed by atoms with Gasteiger partial charge in [-0.25, -0.2) is 0 Å². The van der Waals surface area contributed by atoms with Gasteiger partial charge in [-0.15, -0.1) is 19.7 Å². The van der Waals surface area contributed by atoms with E-state index in [9.17, 15) is 0 Å². The number of fused-ring (bicyclic) bond motifs is 2. The van der Waals surface area contributed by atoms with Gasteiger partial charge in [-0.1, -0.05) is 17.1 Å². The number of rotatable bonds is 5. The van der Waals surface area contributed by atoms with Crippen molar-refractivity contribution in [2.75, 3.05) is 0 Å². The van der Waals surface area contributed by atoms with Gasteiger partial charge in [-0.3, -0.25) is 0 Å². The molecule has 0 unspecified atom stereocenters. The Kier molecular flexibility index (Phi) is 2.98. The largest absolute Gasteiger partial charge is 0.402 e. The average Bonchev–Trinajstić information content (AvgIpc) is 2.85. The van der Waals surface area contributed by atoms with E-state index < -0.39 is 8.32 Å². The summed E-state index contributed by atoms with van der Waals surface area (Å²) in [6.07, 6.45) is 5.87. The fourth-order valence-corrected chi connectivity index (χ4v) is 4.65. The molecule has 82 valence electrons. The van der Waals surface area contributed by atoms with Gasteiger partial charge >= 0.3 is 0 Å². The molecule has 2 aliphatic carbocycles. The highest BCUT2D eigenvalue weighted by atomic mass is 28.4. The van der Waals surface area contributed by atoms with Crippen molar-refractivity contribution < 1.29 is 4.43 Å². The van der Waals surface area contributed by atoms with Gasteiger partial charge in [0.1, 0.15) is 0 Å². The fraction of sp³-hybridized carbons (Fsp3) is 0.538. The Morgan fingerprint density at radius 2 is 1.27 bits per heavy atom. The summed E-state index contributed by atoms with van der Waals surface area (Å²) in [6.45, 7) is 11.6. The van der Waals surface area contributed by atoms with Gasteiger partial charge in [0.2, 0.25) is 0 Å². The zero-order chi connectivity index (χ0) is 10.9. The molecule has 0 aromatic heterocycles. The lowest BCUT2D eigenvalue weighted by Gasteiger charge is -2.28. The van der Waals surface area contributed by atoms with Gasteiger partial charge in [0, 0.05) is 0 Å². The first kappa shape index (κ1) is 10.9. The van der Waals surface area contributed by atoms with Gasteiger partial charge < -0.3 is 4.43 Å². The van der Waals surface area contributed by atoms with Crippen molar-refractivity contribution in [3.63, 3.8) is 0 Å². The summed E-state index contributed by atoms with van der Waals surface area (Å²) in [4.78, 5) is 0. The third kappa shape index (κ3) is 1.77. The van der Waals surface area contributed by atoms with E-state index in [-0.39, 0.29) is 0 Å². The summed E-state index contributed by atoms with van der Waals surface area (Å²) in [7, 11) is -2.03. The Bertz CT molecular complexity index is 242. The molecule has 0 N–H and O–H groups in total. The van der Waals surface area contributed by atoms with Crippen molar-refractivity contribution in [3.8, 4) is 0 Å². The Hall–Kier alpha value is -0.603. The minimum atomic E-state index is -2.03. The molecule has 0 radical (unpaired) electrons. The summed E-state index contributed by atoms with van der Waals surface area (Å²) in [5, 5.41) is 0. The van der Waals surface area contributed by atoms with E-state index in [0.717, 1.165) is 11.8 Å². The predicted molar refractivity (Wildman–Crippen MR) is 66.7 cm³/mol. The molecule has 2 bridgehead atoms. The van der Waals surface area contributed by atoms with E-state index in [0.29, 0.717) is 6.10 Å². The maximum absolute atomic E-state index is 6.32. The molecule has 0 amide bonds. The quantitative estimate of drug-likeness (QED) is 0.646. The van der Waals surface area contributed by atoms with E-state index in [1.807, 2.05) is 17.1 Å². The molecule has 2 rings (SSSR count). The standard InChI is InChI=1S/C13H20OSi/c1-4-15(5-2,6-3)14-13-11-7-8-12(13)10-9-11/h4-6,11-13H,1-3,7-10H2. The maximum Gasteiger partial charge on any atom is 0.265 e. The molecule has 0 atom stereocenters.